The molecule has 0 unspecified atom stereocenters. The molecule has 0 bridgehead atoms. The number of nitrogens with two attached hydrogens (primary N) is 1. The van der Waals surface area contributed by atoms with Gasteiger partial charge in [-0.15, -0.1) is 0 Å². The van der Waals surface area contributed by atoms with Gasteiger partial charge in [-0.2, -0.15) is 0 Å². The van der Waals surface area contributed by atoms with E-state index in [1.807, 2.05) is 0 Å². The molecule has 2 aromatic carbocycles. The van der Waals surface area contributed by atoms with Crippen LogP contribution in [0.25, 0.3) is 0 Å². The Bertz CT molecular complexity index is 608. The van der Waals surface area contributed by atoms with Gasteiger partial charge in [-0.25, -0.2) is 0 Å². The molecule has 20 heavy (non-hydrogen) atoms. The van der Waals surface area contributed by atoms with E-state index in [4.69, 9.17) is 20.3 Å². The third-order valence-electron chi connectivity index (χ3n) is 2.75. The van der Waals surface area contributed by atoms with E-state index in [1.165, 1.54) is 0 Å². The van der Waals surface area contributed by atoms with E-state index in [-0.39, 0.29) is 6.42 Å². The highest BCUT2D eigenvalue weighted by atomic mass is 16.5. The number of rotatable bonds is 5. The molecule has 0 radical (unpaired) electrons. The summed E-state index contributed by atoms with van der Waals surface area (Å²) in [5.74, 6) is 1.03. The van der Waals surface area contributed by atoms with Crippen LogP contribution in [0.15, 0.2) is 42.5 Å². The highest BCUT2D eigenvalue weighted by Crippen LogP contribution is 2.27. The van der Waals surface area contributed by atoms with Gasteiger partial charge in [0, 0.05) is 11.8 Å². The van der Waals surface area contributed by atoms with Crippen molar-refractivity contribution in [3.8, 4) is 17.2 Å². The number of benzene rings is 2. The van der Waals surface area contributed by atoms with Crippen LogP contribution in [0.2, 0.25) is 0 Å². The first-order valence-electron chi connectivity index (χ1n) is 6.00. The third-order valence-corrected chi connectivity index (χ3v) is 2.75. The molecule has 0 amide bonds. The van der Waals surface area contributed by atoms with E-state index >= 15 is 0 Å². The highest BCUT2D eigenvalue weighted by molar-refractivity contribution is 5.73. The molecule has 0 saturated heterocycles. The van der Waals surface area contributed by atoms with Gasteiger partial charge < -0.3 is 20.3 Å². The average molecular weight is 273 g/mol. The van der Waals surface area contributed by atoms with Crippen LogP contribution in [0.1, 0.15) is 5.56 Å². The van der Waals surface area contributed by atoms with Gasteiger partial charge >= 0.3 is 5.97 Å². The SMILES string of the molecule is COc1ccc(Oc2ccc(CC(=O)O)c(N)c2)cc1. The van der Waals surface area contributed by atoms with Crippen LogP contribution >= 0.6 is 0 Å². The van der Waals surface area contributed by atoms with Gasteiger partial charge in [-0.3, -0.25) is 4.79 Å². The van der Waals surface area contributed by atoms with Crippen molar-refractivity contribution in [2.45, 2.75) is 6.42 Å². The maximum atomic E-state index is 10.7. The topological polar surface area (TPSA) is 81.8 Å². The fourth-order valence-corrected chi connectivity index (χ4v) is 1.74. The average Bonchev–Trinajstić information content (AvgIpc) is 2.42. The monoisotopic (exact) mass is 273 g/mol. The van der Waals surface area contributed by atoms with Gasteiger partial charge in [-0.05, 0) is 35.9 Å². The largest absolute Gasteiger partial charge is 0.497 e. The summed E-state index contributed by atoms with van der Waals surface area (Å²) in [6, 6.07) is 12.1. The molecule has 104 valence electrons. The molecule has 0 aliphatic rings. The van der Waals surface area contributed by atoms with Crippen LogP contribution < -0.4 is 15.2 Å². The summed E-state index contributed by atoms with van der Waals surface area (Å²) in [4.78, 5) is 10.7. The molecule has 2 aromatic rings. The Balaban J connectivity index is 2.13. The smallest absolute Gasteiger partial charge is 0.307 e. The Morgan fingerprint density at radius 1 is 1.10 bits per heavy atom. The van der Waals surface area contributed by atoms with Gasteiger partial charge in [0.15, 0.2) is 0 Å². The molecular weight excluding hydrogens is 258 g/mol. The number of anilines is 1. The number of nitrogen functional groups attached to an aromatic ring is 1. The Kier molecular flexibility index (Phi) is 4.10. The van der Waals surface area contributed by atoms with E-state index in [0.29, 0.717) is 22.7 Å². The van der Waals surface area contributed by atoms with Crippen molar-refractivity contribution in [2.75, 3.05) is 12.8 Å². The van der Waals surface area contributed by atoms with Crippen LogP contribution in [0.5, 0.6) is 17.2 Å². The zero-order valence-electron chi connectivity index (χ0n) is 11.0. The maximum absolute atomic E-state index is 10.7. The van der Waals surface area contributed by atoms with Gasteiger partial charge in [-0.1, -0.05) is 6.07 Å². The van der Waals surface area contributed by atoms with Crippen molar-refractivity contribution in [1.82, 2.24) is 0 Å². The molecule has 0 saturated carbocycles. The number of hydrogen-bond acceptors (Lipinski definition) is 4. The molecule has 5 nitrogen and oxygen atoms in total. The first kappa shape index (κ1) is 13.7. The second-order valence-electron chi connectivity index (χ2n) is 4.21. The maximum Gasteiger partial charge on any atom is 0.307 e. The van der Waals surface area contributed by atoms with Crippen LogP contribution in [0.4, 0.5) is 5.69 Å². The Morgan fingerprint density at radius 3 is 2.25 bits per heavy atom. The number of aliphatic carboxylic acids is 1. The highest BCUT2D eigenvalue weighted by Gasteiger charge is 2.06. The summed E-state index contributed by atoms with van der Waals surface area (Å²) in [6.07, 6.45) is -0.103. The van der Waals surface area contributed by atoms with E-state index in [1.54, 1.807) is 49.6 Å². The molecule has 2 rings (SSSR count). The summed E-state index contributed by atoms with van der Waals surface area (Å²) >= 11 is 0. The summed E-state index contributed by atoms with van der Waals surface area (Å²) < 4.78 is 10.7. The van der Waals surface area contributed by atoms with Crippen molar-refractivity contribution in [3.63, 3.8) is 0 Å². The standard InChI is InChI=1S/C15H15NO4/c1-19-11-4-6-12(7-5-11)20-13-3-2-10(8-15(17)18)14(16)9-13/h2-7,9H,8,16H2,1H3,(H,17,18). The molecule has 0 aromatic heterocycles. The molecule has 0 aliphatic heterocycles. The molecule has 0 spiro atoms. The number of carbonyl (C=O) groups is 1. The molecule has 0 atom stereocenters. The predicted molar refractivity (Wildman–Crippen MR) is 75.3 cm³/mol. The van der Waals surface area contributed by atoms with Crippen LogP contribution in [0.3, 0.4) is 0 Å². The third kappa shape index (κ3) is 3.41. The molecule has 0 heterocycles. The van der Waals surface area contributed by atoms with E-state index in [9.17, 15) is 4.79 Å². The normalized spacial score (nSPS) is 10.1. The second-order valence-corrected chi connectivity index (χ2v) is 4.21. The number of carboxylic acid groups (broad SMARTS) is 1. The minimum atomic E-state index is -0.916. The van der Waals surface area contributed by atoms with Crippen molar-refractivity contribution in [3.05, 3.63) is 48.0 Å². The fraction of sp³-hybridized carbons (Fsp3) is 0.133. The fourth-order valence-electron chi connectivity index (χ4n) is 1.74. The van der Waals surface area contributed by atoms with Crippen molar-refractivity contribution < 1.29 is 19.4 Å². The lowest BCUT2D eigenvalue weighted by atomic mass is 10.1. The lowest BCUT2D eigenvalue weighted by molar-refractivity contribution is -0.136. The summed E-state index contributed by atoms with van der Waals surface area (Å²) in [6.45, 7) is 0. The quantitative estimate of drug-likeness (QED) is 0.818. The van der Waals surface area contributed by atoms with Crippen molar-refractivity contribution in [1.29, 1.82) is 0 Å². The number of hydrogen-bond donors (Lipinski definition) is 2. The Labute approximate surface area is 116 Å². The van der Waals surface area contributed by atoms with Crippen LogP contribution in [0, 0.1) is 0 Å². The Morgan fingerprint density at radius 2 is 1.70 bits per heavy atom. The lowest BCUT2D eigenvalue weighted by Crippen LogP contribution is -2.03. The molecule has 0 fully saturated rings. The van der Waals surface area contributed by atoms with Crippen LogP contribution in [-0.4, -0.2) is 18.2 Å². The van der Waals surface area contributed by atoms with E-state index in [2.05, 4.69) is 0 Å². The molecular formula is C15H15NO4. The van der Waals surface area contributed by atoms with Gasteiger partial charge in [0.25, 0.3) is 0 Å². The molecule has 5 heteroatoms. The Hall–Kier alpha value is -2.69. The number of carboxylic acids is 1. The minimum absolute atomic E-state index is 0.103. The summed E-state index contributed by atoms with van der Waals surface area (Å²) in [5, 5.41) is 8.75. The van der Waals surface area contributed by atoms with Crippen molar-refractivity contribution in [2.24, 2.45) is 0 Å². The zero-order valence-corrected chi connectivity index (χ0v) is 11.0. The van der Waals surface area contributed by atoms with E-state index < -0.39 is 5.97 Å². The second kappa shape index (κ2) is 5.97. The molecule has 3 N–H and O–H groups in total. The van der Waals surface area contributed by atoms with Gasteiger partial charge in [0.05, 0.1) is 13.5 Å². The van der Waals surface area contributed by atoms with Gasteiger partial charge in [0.2, 0.25) is 0 Å². The summed E-state index contributed by atoms with van der Waals surface area (Å²) in [5.41, 5.74) is 6.78. The van der Waals surface area contributed by atoms with Crippen molar-refractivity contribution >= 4 is 11.7 Å². The van der Waals surface area contributed by atoms with E-state index in [0.717, 1.165) is 5.75 Å². The molecule has 0 aliphatic carbocycles. The lowest BCUT2D eigenvalue weighted by Gasteiger charge is -2.09. The minimum Gasteiger partial charge on any atom is -0.497 e. The van der Waals surface area contributed by atoms with Crippen LogP contribution in [-0.2, 0) is 11.2 Å². The summed E-state index contributed by atoms with van der Waals surface area (Å²) in [7, 11) is 1.59. The number of methoxy groups -OCH3 is 1. The number of ether oxygens (including phenoxy) is 2. The first-order valence-corrected chi connectivity index (χ1v) is 6.00. The zero-order chi connectivity index (χ0) is 14.5. The predicted octanol–water partition coefficient (Wildman–Crippen LogP) is 2.70. The first-order chi connectivity index (χ1) is 9.58. The van der Waals surface area contributed by atoms with Gasteiger partial charge in [0.1, 0.15) is 17.2 Å².